The lowest BCUT2D eigenvalue weighted by Gasteiger charge is -2.43. The molecule has 2 fully saturated rings. The van der Waals surface area contributed by atoms with Gasteiger partial charge in [-0.3, -0.25) is 5.32 Å². The number of piperidine rings is 1. The Morgan fingerprint density at radius 3 is 2.67 bits per heavy atom. The first-order chi connectivity index (χ1) is 5.62. The summed E-state index contributed by atoms with van der Waals surface area (Å²) >= 11 is 4.63. The molecule has 2 atom stereocenters. The van der Waals surface area contributed by atoms with Crippen molar-refractivity contribution < 1.29 is 0 Å². The quantitative estimate of drug-likeness (QED) is 0.494. The molecular weight excluding hydrogens is 168 g/mol. The van der Waals surface area contributed by atoms with Crippen molar-refractivity contribution in [3.63, 3.8) is 0 Å². The maximum atomic E-state index is 4.63. The number of hydrogen-bond donors (Lipinski definition) is 3. The van der Waals surface area contributed by atoms with Crippen molar-refractivity contribution in [2.24, 2.45) is 0 Å². The summed E-state index contributed by atoms with van der Waals surface area (Å²) in [5.74, 6) is 0. The van der Waals surface area contributed by atoms with E-state index in [9.17, 15) is 0 Å². The first kappa shape index (κ1) is 8.85. The van der Waals surface area contributed by atoms with E-state index in [1.807, 2.05) is 0 Å². The maximum absolute atomic E-state index is 4.63. The Bertz CT molecular complexity index is 173. The first-order valence-corrected chi connectivity index (χ1v) is 5.29. The SMILES string of the molecule is CC1(S)CCCC2(CCNC2)N1. The Morgan fingerprint density at radius 2 is 2.08 bits per heavy atom. The standard InChI is InChI=1S/C9H18N2S/c1-8(12)3-2-4-9(11-8)5-6-10-7-9/h10-12H,2-7H2,1H3. The lowest BCUT2D eigenvalue weighted by atomic mass is 9.85. The Hall–Kier alpha value is 0.270. The van der Waals surface area contributed by atoms with Gasteiger partial charge in [-0.15, -0.1) is 0 Å². The van der Waals surface area contributed by atoms with Gasteiger partial charge in [-0.05, 0) is 39.2 Å². The molecule has 0 amide bonds. The van der Waals surface area contributed by atoms with Crippen molar-refractivity contribution in [2.75, 3.05) is 13.1 Å². The van der Waals surface area contributed by atoms with Crippen LogP contribution in [0.5, 0.6) is 0 Å². The van der Waals surface area contributed by atoms with E-state index < -0.39 is 0 Å². The Morgan fingerprint density at radius 1 is 1.25 bits per heavy atom. The van der Waals surface area contributed by atoms with Crippen LogP contribution in [0.4, 0.5) is 0 Å². The fraction of sp³-hybridized carbons (Fsp3) is 1.00. The van der Waals surface area contributed by atoms with Gasteiger partial charge in [0.05, 0.1) is 4.87 Å². The molecule has 0 bridgehead atoms. The minimum atomic E-state index is 0.0598. The normalized spacial score (nSPS) is 48.5. The Balaban J connectivity index is 2.07. The largest absolute Gasteiger partial charge is 0.315 e. The van der Waals surface area contributed by atoms with Crippen molar-refractivity contribution in [1.29, 1.82) is 0 Å². The van der Waals surface area contributed by atoms with Crippen molar-refractivity contribution in [3.8, 4) is 0 Å². The van der Waals surface area contributed by atoms with Crippen molar-refractivity contribution in [1.82, 2.24) is 10.6 Å². The Kier molecular flexibility index (Phi) is 2.13. The van der Waals surface area contributed by atoms with Crippen LogP contribution >= 0.6 is 12.6 Å². The molecule has 0 radical (unpaired) electrons. The molecule has 0 aromatic carbocycles. The predicted molar refractivity (Wildman–Crippen MR) is 54.6 cm³/mol. The van der Waals surface area contributed by atoms with Crippen LogP contribution in [-0.2, 0) is 0 Å². The third-order valence-electron chi connectivity index (χ3n) is 3.10. The molecule has 70 valence electrons. The summed E-state index contributed by atoms with van der Waals surface area (Å²) in [7, 11) is 0. The maximum Gasteiger partial charge on any atom is 0.0591 e. The van der Waals surface area contributed by atoms with Gasteiger partial charge in [-0.1, -0.05) is 0 Å². The van der Waals surface area contributed by atoms with Gasteiger partial charge in [0.15, 0.2) is 0 Å². The minimum Gasteiger partial charge on any atom is -0.315 e. The fourth-order valence-electron chi connectivity index (χ4n) is 2.53. The molecule has 2 unspecified atom stereocenters. The average Bonchev–Trinajstić information content (AvgIpc) is 2.34. The topological polar surface area (TPSA) is 24.1 Å². The second-order valence-electron chi connectivity index (χ2n) is 4.46. The monoisotopic (exact) mass is 186 g/mol. The molecule has 2 nitrogen and oxygen atoms in total. The van der Waals surface area contributed by atoms with Crippen LogP contribution in [0.25, 0.3) is 0 Å². The van der Waals surface area contributed by atoms with Crippen LogP contribution < -0.4 is 10.6 Å². The van der Waals surface area contributed by atoms with E-state index in [0.29, 0.717) is 5.54 Å². The minimum absolute atomic E-state index is 0.0598. The van der Waals surface area contributed by atoms with E-state index >= 15 is 0 Å². The van der Waals surface area contributed by atoms with E-state index in [4.69, 9.17) is 0 Å². The lowest BCUT2D eigenvalue weighted by molar-refractivity contribution is 0.215. The van der Waals surface area contributed by atoms with Gasteiger partial charge in [-0.25, -0.2) is 0 Å². The molecule has 0 aliphatic carbocycles. The highest BCUT2D eigenvalue weighted by Gasteiger charge is 2.41. The van der Waals surface area contributed by atoms with Crippen LogP contribution in [-0.4, -0.2) is 23.5 Å². The smallest absolute Gasteiger partial charge is 0.0591 e. The summed E-state index contributed by atoms with van der Waals surface area (Å²) in [6.45, 7) is 4.48. The van der Waals surface area contributed by atoms with Crippen LogP contribution in [0.3, 0.4) is 0 Å². The van der Waals surface area contributed by atoms with E-state index in [-0.39, 0.29) is 4.87 Å². The van der Waals surface area contributed by atoms with Crippen LogP contribution in [0.2, 0.25) is 0 Å². The second-order valence-corrected chi connectivity index (χ2v) is 5.45. The molecule has 2 rings (SSSR count). The van der Waals surface area contributed by atoms with Crippen molar-refractivity contribution in [3.05, 3.63) is 0 Å². The van der Waals surface area contributed by atoms with Crippen molar-refractivity contribution in [2.45, 2.75) is 43.0 Å². The molecule has 0 aromatic heterocycles. The summed E-state index contributed by atoms with van der Waals surface area (Å²) in [4.78, 5) is 0.0598. The summed E-state index contributed by atoms with van der Waals surface area (Å²) < 4.78 is 0. The summed E-state index contributed by atoms with van der Waals surface area (Å²) in [6.07, 6.45) is 5.09. The average molecular weight is 186 g/mol. The fourth-order valence-corrected chi connectivity index (χ4v) is 2.93. The highest BCUT2D eigenvalue weighted by atomic mass is 32.1. The molecule has 0 saturated carbocycles. The molecule has 2 aliphatic heterocycles. The van der Waals surface area contributed by atoms with E-state index in [2.05, 4.69) is 30.2 Å². The van der Waals surface area contributed by atoms with Gasteiger partial charge in [0, 0.05) is 12.1 Å². The summed E-state index contributed by atoms with van der Waals surface area (Å²) in [5.41, 5.74) is 0.370. The zero-order chi connectivity index (χ0) is 8.66. The lowest BCUT2D eigenvalue weighted by Crippen LogP contribution is -2.58. The summed E-state index contributed by atoms with van der Waals surface area (Å²) in [5, 5.41) is 7.09. The van der Waals surface area contributed by atoms with Crippen LogP contribution in [0, 0.1) is 0 Å². The van der Waals surface area contributed by atoms with Crippen molar-refractivity contribution >= 4 is 12.6 Å². The molecule has 0 aromatic rings. The molecule has 2 saturated heterocycles. The molecule has 2 aliphatic rings. The van der Waals surface area contributed by atoms with Crippen LogP contribution in [0.1, 0.15) is 32.6 Å². The zero-order valence-electron chi connectivity index (χ0n) is 7.69. The molecular formula is C9H18N2S. The highest BCUT2D eigenvalue weighted by molar-refractivity contribution is 7.81. The molecule has 2 heterocycles. The molecule has 2 N–H and O–H groups in total. The molecule has 12 heavy (non-hydrogen) atoms. The zero-order valence-corrected chi connectivity index (χ0v) is 8.58. The number of rotatable bonds is 0. The second kappa shape index (κ2) is 2.89. The van der Waals surface area contributed by atoms with E-state index in [1.165, 1.54) is 25.7 Å². The third kappa shape index (κ3) is 1.63. The van der Waals surface area contributed by atoms with Gasteiger partial charge in [0.2, 0.25) is 0 Å². The number of nitrogens with one attached hydrogen (secondary N) is 2. The van der Waals surface area contributed by atoms with E-state index in [1.54, 1.807) is 0 Å². The number of hydrogen-bond acceptors (Lipinski definition) is 3. The third-order valence-corrected chi connectivity index (χ3v) is 3.43. The predicted octanol–water partition coefficient (Wildman–Crippen LogP) is 1.14. The first-order valence-electron chi connectivity index (χ1n) is 4.84. The molecule has 3 heteroatoms. The van der Waals surface area contributed by atoms with Gasteiger partial charge in [0.25, 0.3) is 0 Å². The van der Waals surface area contributed by atoms with Gasteiger partial charge >= 0.3 is 0 Å². The Labute approximate surface area is 79.9 Å². The number of thiol groups is 1. The highest BCUT2D eigenvalue weighted by Crippen LogP contribution is 2.34. The van der Waals surface area contributed by atoms with E-state index in [0.717, 1.165) is 13.1 Å². The van der Waals surface area contributed by atoms with Gasteiger partial charge in [0.1, 0.15) is 0 Å². The van der Waals surface area contributed by atoms with Crippen LogP contribution in [0.15, 0.2) is 0 Å². The summed E-state index contributed by atoms with van der Waals surface area (Å²) in [6, 6.07) is 0. The van der Waals surface area contributed by atoms with Gasteiger partial charge < -0.3 is 5.32 Å². The molecule has 1 spiro atoms. The van der Waals surface area contributed by atoms with Gasteiger partial charge in [-0.2, -0.15) is 12.6 Å².